The van der Waals surface area contributed by atoms with E-state index in [1.54, 1.807) is 18.1 Å². The van der Waals surface area contributed by atoms with Crippen molar-refractivity contribution in [1.82, 2.24) is 15.1 Å². The molecule has 0 unspecified atom stereocenters. The summed E-state index contributed by atoms with van der Waals surface area (Å²) in [6.07, 6.45) is 3.71. The minimum Gasteiger partial charge on any atom is -0.315 e. The van der Waals surface area contributed by atoms with Gasteiger partial charge in [-0.05, 0) is 18.6 Å². The number of benzene rings is 1. The molecular formula is C15H17N5O2. The SMILES string of the molecule is CN(C(=O)Nc1cn[nH]c1)[C@H]1CCN(c2ccccc2)C1=O. The van der Waals surface area contributed by atoms with Gasteiger partial charge in [-0.25, -0.2) is 4.79 Å². The fourth-order valence-corrected chi connectivity index (χ4v) is 2.56. The maximum absolute atomic E-state index is 12.5. The van der Waals surface area contributed by atoms with Crippen molar-refractivity contribution in [3.8, 4) is 0 Å². The highest BCUT2D eigenvalue weighted by Gasteiger charge is 2.37. The molecule has 2 aromatic rings. The monoisotopic (exact) mass is 299 g/mol. The molecule has 1 aliphatic heterocycles. The number of anilines is 2. The summed E-state index contributed by atoms with van der Waals surface area (Å²) < 4.78 is 0. The number of carbonyl (C=O) groups is 2. The lowest BCUT2D eigenvalue weighted by molar-refractivity contribution is -0.120. The Bertz CT molecular complexity index is 656. The number of amides is 3. The average molecular weight is 299 g/mol. The van der Waals surface area contributed by atoms with Crippen LogP contribution in [0.3, 0.4) is 0 Å². The summed E-state index contributed by atoms with van der Waals surface area (Å²) in [5.74, 6) is -0.0592. The van der Waals surface area contributed by atoms with Gasteiger partial charge >= 0.3 is 6.03 Å². The molecule has 0 radical (unpaired) electrons. The number of H-pyrrole nitrogens is 1. The molecule has 1 atom stereocenters. The molecule has 0 saturated carbocycles. The molecule has 3 amide bonds. The van der Waals surface area contributed by atoms with Gasteiger partial charge in [0.1, 0.15) is 6.04 Å². The Hall–Kier alpha value is -2.83. The van der Waals surface area contributed by atoms with Crippen molar-refractivity contribution in [3.63, 3.8) is 0 Å². The van der Waals surface area contributed by atoms with E-state index in [9.17, 15) is 9.59 Å². The third-order valence-corrected chi connectivity index (χ3v) is 3.78. The van der Waals surface area contributed by atoms with Crippen molar-refractivity contribution in [3.05, 3.63) is 42.7 Å². The molecule has 7 nitrogen and oxygen atoms in total. The zero-order valence-corrected chi connectivity index (χ0v) is 12.2. The van der Waals surface area contributed by atoms with E-state index in [4.69, 9.17) is 0 Å². The van der Waals surface area contributed by atoms with Gasteiger partial charge in [0, 0.05) is 25.5 Å². The summed E-state index contributed by atoms with van der Waals surface area (Å²) in [4.78, 5) is 27.9. The quantitative estimate of drug-likeness (QED) is 0.904. The van der Waals surface area contributed by atoms with Crippen LogP contribution in [0.5, 0.6) is 0 Å². The van der Waals surface area contributed by atoms with E-state index >= 15 is 0 Å². The molecule has 3 rings (SSSR count). The van der Waals surface area contributed by atoms with Crippen LogP contribution in [0.1, 0.15) is 6.42 Å². The molecule has 0 spiro atoms. The van der Waals surface area contributed by atoms with Crippen molar-refractivity contribution in [2.45, 2.75) is 12.5 Å². The van der Waals surface area contributed by atoms with Gasteiger partial charge in [0.2, 0.25) is 5.91 Å². The van der Waals surface area contributed by atoms with Crippen molar-refractivity contribution in [2.24, 2.45) is 0 Å². The highest BCUT2D eigenvalue weighted by atomic mass is 16.2. The number of likely N-dealkylation sites (N-methyl/N-ethyl adjacent to an activating group) is 1. The molecule has 1 aromatic carbocycles. The predicted molar refractivity (Wildman–Crippen MR) is 82.6 cm³/mol. The molecule has 114 valence electrons. The number of para-hydroxylation sites is 1. The Morgan fingerprint density at radius 1 is 1.41 bits per heavy atom. The number of hydrogen-bond acceptors (Lipinski definition) is 3. The van der Waals surface area contributed by atoms with Crippen LogP contribution >= 0.6 is 0 Å². The van der Waals surface area contributed by atoms with E-state index in [1.807, 2.05) is 30.3 Å². The van der Waals surface area contributed by atoms with Crippen LogP contribution < -0.4 is 10.2 Å². The molecule has 1 fully saturated rings. The first-order chi connectivity index (χ1) is 10.7. The van der Waals surface area contributed by atoms with Gasteiger partial charge in [-0.3, -0.25) is 9.89 Å². The Balaban J connectivity index is 1.68. The van der Waals surface area contributed by atoms with Crippen LogP contribution in [-0.4, -0.2) is 46.7 Å². The average Bonchev–Trinajstić information content (AvgIpc) is 3.17. The van der Waals surface area contributed by atoms with Gasteiger partial charge in [0.05, 0.1) is 11.9 Å². The highest BCUT2D eigenvalue weighted by molar-refractivity contribution is 6.02. The highest BCUT2D eigenvalue weighted by Crippen LogP contribution is 2.23. The van der Waals surface area contributed by atoms with Gasteiger partial charge in [-0.15, -0.1) is 0 Å². The van der Waals surface area contributed by atoms with E-state index in [0.29, 0.717) is 18.7 Å². The topological polar surface area (TPSA) is 81.3 Å². The minimum atomic E-state index is -0.452. The maximum atomic E-state index is 12.5. The summed E-state index contributed by atoms with van der Waals surface area (Å²) in [6.45, 7) is 0.608. The molecule has 0 aliphatic carbocycles. The summed E-state index contributed by atoms with van der Waals surface area (Å²) in [5, 5.41) is 9.08. The number of rotatable bonds is 3. The van der Waals surface area contributed by atoms with Gasteiger partial charge in [-0.1, -0.05) is 18.2 Å². The van der Waals surface area contributed by atoms with Gasteiger partial charge in [0.25, 0.3) is 0 Å². The first kappa shape index (κ1) is 14.1. The predicted octanol–water partition coefficient (Wildman–Crippen LogP) is 1.68. The van der Waals surface area contributed by atoms with Crippen molar-refractivity contribution in [1.29, 1.82) is 0 Å². The van der Waals surface area contributed by atoms with Gasteiger partial charge in [0.15, 0.2) is 0 Å². The standard InChI is InChI=1S/C15H17N5O2/c1-19(15(22)18-11-9-16-17-10-11)13-7-8-20(14(13)21)12-5-3-2-4-6-12/h2-6,9-10,13H,7-8H2,1H3,(H,16,17)(H,18,22)/t13-/m0/s1. The first-order valence-electron chi connectivity index (χ1n) is 7.06. The lowest BCUT2D eigenvalue weighted by Crippen LogP contribution is -2.44. The number of carbonyl (C=O) groups excluding carboxylic acids is 2. The summed E-state index contributed by atoms with van der Waals surface area (Å²) >= 11 is 0. The molecule has 0 bridgehead atoms. The number of urea groups is 1. The lowest BCUT2D eigenvalue weighted by atomic mass is 10.2. The van der Waals surface area contributed by atoms with Crippen LogP contribution in [0, 0.1) is 0 Å². The lowest BCUT2D eigenvalue weighted by Gasteiger charge is -2.24. The third-order valence-electron chi connectivity index (χ3n) is 3.78. The molecule has 22 heavy (non-hydrogen) atoms. The molecule has 2 heterocycles. The first-order valence-corrected chi connectivity index (χ1v) is 7.06. The van der Waals surface area contributed by atoms with Crippen LogP contribution in [0.4, 0.5) is 16.2 Å². The normalized spacial score (nSPS) is 17.6. The summed E-state index contributed by atoms with van der Waals surface area (Å²) in [6, 6.07) is 8.71. The largest absolute Gasteiger partial charge is 0.322 e. The van der Waals surface area contributed by atoms with Crippen LogP contribution in [-0.2, 0) is 4.79 Å². The molecule has 7 heteroatoms. The van der Waals surface area contributed by atoms with Gasteiger partial charge in [-0.2, -0.15) is 5.10 Å². The minimum absolute atomic E-state index is 0.0592. The van der Waals surface area contributed by atoms with Gasteiger partial charge < -0.3 is 15.1 Å². The molecule has 1 saturated heterocycles. The number of nitrogens with one attached hydrogen (secondary N) is 2. The Labute approximate surface area is 127 Å². The zero-order chi connectivity index (χ0) is 15.5. The number of aromatic amines is 1. The summed E-state index contributed by atoms with van der Waals surface area (Å²) in [5.41, 5.74) is 1.43. The van der Waals surface area contributed by atoms with Crippen molar-refractivity contribution >= 4 is 23.3 Å². The fraction of sp³-hybridized carbons (Fsp3) is 0.267. The third kappa shape index (κ3) is 2.65. The Morgan fingerprint density at radius 2 is 2.18 bits per heavy atom. The van der Waals surface area contributed by atoms with Crippen LogP contribution in [0.15, 0.2) is 42.7 Å². The zero-order valence-electron chi connectivity index (χ0n) is 12.2. The number of hydrogen-bond donors (Lipinski definition) is 2. The summed E-state index contributed by atoms with van der Waals surface area (Å²) in [7, 11) is 1.63. The second-order valence-corrected chi connectivity index (χ2v) is 5.16. The molecular weight excluding hydrogens is 282 g/mol. The second kappa shape index (κ2) is 5.88. The Kier molecular flexibility index (Phi) is 3.78. The van der Waals surface area contributed by atoms with Crippen LogP contribution in [0.25, 0.3) is 0 Å². The fourth-order valence-electron chi connectivity index (χ4n) is 2.56. The van der Waals surface area contributed by atoms with E-state index in [0.717, 1.165) is 5.69 Å². The van der Waals surface area contributed by atoms with Crippen molar-refractivity contribution in [2.75, 3.05) is 23.8 Å². The van der Waals surface area contributed by atoms with E-state index in [2.05, 4.69) is 15.5 Å². The molecule has 1 aromatic heterocycles. The van der Waals surface area contributed by atoms with Crippen molar-refractivity contribution < 1.29 is 9.59 Å². The van der Waals surface area contributed by atoms with E-state index in [1.165, 1.54) is 11.1 Å². The smallest absolute Gasteiger partial charge is 0.315 e. The number of aromatic nitrogens is 2. The van der Waals surface area contributed by atoms with E-state index in [-0.39, 0.29) is 11.9 Å². The maximum Gasteiger partial charge on any atom is 0.322 e. The molecule has 2 N–H and O–H groups in total. The number of nitrogens with zero attached hydrogens (tertiary/aromatic N) is 3. The molecule has 1 aliphatic rings. The van der Waals surface area contributed by atoms with E-state index < -0.39 is 6.04 Å². The second-order valence-electron chi connectivity index (χ2n) is 5.16. The van der Waals surface area contributed by atoms with Crippen LogP contribution in [0.2, 0.25) is 0 Å². The Morgan fingerprint density at radius 3 is 2.86 bits per heavy atom.